The highest BCUT2D eigenvalue weighted by Crippen LogP contribution is 2.29. The summed E-state index contributed by atoms with van der Waals surface area (Å²) >= 11 is 0. The van der Waals surface area contributed by atoms with Crippen molar-refractivity contribution in [2.75, 3.05) is 0 Å². The van der Waals surface area contributed by atoms with Crippen molar-refractivity contribution in [1.82, 2.24) is 0 Å². The van der Waals surface area contributed by atoms with Crippen LogP contribution in [0.15, 0.2) is 0 Å². The van der Waals surface area contributed by atoms with Crippen LogP contribution in [0.1, 0.15) is 33.1 Å². The topological polar surface area (TPSA) is 46.2 Å². The van der Waals surface area contributed by atoms with Crippen molar-refractivity contribution < 1.29 is 5.11 Å². The molecule has 0 aromatic carbocycles. The van der Waals surface area contributed by atoms with E-state index in [2.05, 4.69) is 13.8 Å². The Morgan fingerprint density at radius 3 is 2.64 bits per heavy atom. The van der Waals surface area contributed by atoms with Crippen molar-refractivity contribution in [3.05, 3.63) is 0 Å². The summed E-state index contributed by atoms with van der Waals surface area (Å²) < 4.78 is 0. The summed E-state index contributed by atoms with van der Waals surface area (Å²) in [6.45, 7) is 4.23. The molecule has 1 saturated carbocycles. The standard InChI is InChI=1S/C9H19NO/c1-3-7-5-4-6(2)9(11)8(7)10/h6-9,11H,3-5,10H2,1-2H3. The van der Waals surface area contributed by atoms with Crippen LogP contribution in [0.25, 0.3) is 0 Å². The van der Waals surface area contributed by atoms with E-state index in [0.717, 1.165) is 12.8 Å². The Kier molecular flexibility index (Phi) is 2.90. The zero-order valence-corrected chi connectivity index (χ0v) is 7.46. The molecule has 4 atom stereocenters. The summed E-state index contributed by atoms with van der Waals surface area (Å²) in [5.74, 6) is 0.939. The van der Waals surface area contributed by atoms with Gasteiger partial charge in [-0.2, -0.15) is 0 Å². The quantitative estimate of drug-likeness (QED) is 0.599. The Bertz CT molecular complexity index is 125. The first-order chi connectivity index (χ1) is 5.16. The highest BCUT2D eigenvalue weighted by atomic mass is 16.3. The van der Waals surface area contributed by atoms with Crippen LogP contribution in [0, 0.1) is 11.8 Å². The molecule has 0 saturated heterocycles. The first-order valence-electron chi connectivity index (χ1n) is 4.60. The maximum absolute atomic E-state index is 9.62. The molecule has 2 nitrogen and oxygen atoms in total. The lowest BCUT2D eigenvalue weighted by Gasteiger charge is -2.36. The molecule has 11 heavy (non-hydrogen) atoms. The van der Waals surface area contributed by atoms with Gasteiger partial charge in [0, 0.05) is 6.04 Å². The first-order valence-corrected chi connectivity index (χ1v) is 4.60. The predicted octanol–water partition coefficient (Wildman–Crippen LogP) is 1.13. The molecule has 1 aliphatic carbocycles. The Labute approximate surface area is 68.8 Å². The number of hydrogen-bond donors (Lipinski definition) is 2. The second-order valence-electron chi connectivity index (χ2n) is 3.79. The maximum atomic E-state index is 9.62. The summed E-state index contributed by atoms with van der Waals surface area (Å²) in [4.78, 5) is 0. The number of aliphatic hydroxyl groups is 1. The highest BCUT2D eigenvalue weighted by molar-refractivity contribution is 4.87. The van der Waals surface area contributed by atoms with Crippen LogP contribution in [0.4, 0.5) is 0 Å². The van der Waals surface area contributed by atoms with Gasteiger partial charge in [-0.05, 0) is 24.7 Å². The van der Waals surface area contributed by atoms with Crippen molar-refractivity contribution in [1.29, 1.82) is 0 Å². The molecular formula is C9H19NO. The van der Waals surface area contributed by atoms with Crippen molar-refractivity contribution in [2.24, 2.45) is 17.6 Å². The van der Waals surface area contributed by atoms with Crippen molar-refractivity contribution in [3.63, 3.8) is 0 Å². The number of rotatable bonds is 1. The van der Waals surface area contributed by atoms with E-state index in [-0.39, 0.29) is 12.1 Å². The monoisotopic (exact) mass is 157 g/mol. The second kappa shape index (κ2) is 3.55. The van der Waals surface area contributed by atoms with Gasteiger partial charge in [-0.1, -0.05) is 20.3 Å². The van der Waals surface area contributed by atoms with Gasteiger partial charge in [-0.25, -0.2) is 0 Å². The van der Waals surface area contributed by atoms with Crippen LogP contribution in [-0.4, -0.2) is 17.3 Å². The molecule has 0 aliphatic heterocycles. The number of aliphatic hydroxyl groups excluding tert-OH is 1. The fraction of sp³-hybridized carbons (Fsp3) is 1.00. The maximum Gasteiger partial charge on any atom is 0.0719 e. The summed E-state index contributed by atoms with van der Waals surface area (Å²) in [6, 6.07) is 0.0174. The van der Waals surface area contributed by atoms with Crippen LogP contribution in [-0.2, 0) is 0 Å². The fourth-order valence-electron chi connectivity index (χ4n) is 1.97. The zero-order valence-electron chi connectivity index (χ0n) is 7.46. The van der Waals surface area contributed by atoms with Gasteiger partial charge in [0.15, 0.2) is 0 Å². The molecule has 0 bridgehead atoms. The van der Waals surface area contributed by atoms with Crippen LogP contribution < -0.4 is 5.73 Å². The van der Waals surface area contributed by atoms with E-state index in [9.17, 15) is 5.11 Å². The van der Waals surface area contributed by atoms with E-state index in [1.165, 1.54) is 6.42 Å². The summed E-state index contributed by atoms with van der Waals surface area (Å²) in [5, 5.41) is 9.62. The molecule has 0 radical (unpaired) electrons. The fourth-order valence-corrected chi connectivity index (χ4v) is 1.97. The summed E-state index contributed by atoms with van der Waals surface area (Å²) in [6.07, 6.45) is 3.16. The van der Waals surface area contributed by atoms with Crippen LogP contribution in [0.3, 0.4) is 0 Å². The van der Waals surface area contributed by atoms with Gasteiger partial charge in [0.25, 0.3) is 0 Å². The molecule has 4 unspecified atom stereocenters. The van der Waals surface area contributed by atoms with Crippen molar-refractivity contribution in [3.8, 4) is 0 Å². The predicted molar refractivity (Wildman–Crippen MR) is 46.2 cm³/mol. The van der Waals surface area contributed by atoms with E-state index in [1.54, 1.807) is 0 Å². The zero-order chi connectivity index (χ0) is 8.43. The van der Waals surface area contributed by atoms with E-state index < -0.39 is 0 Å². The Hall–Kier alpha value is -0.0800. The normalized spacial score (nSPS) is 45.8. The van der Waals surface area contributed by atoms with Crippen LogP contribution in [0.5, 0.6) is 0 Å². The van der Waals surface area contributed by atoms with E-state index in [0.29, 0.717) is 11.8 Å². The lowest BCUT2D eigenvalue weighted by molar-refractivity contribution is 0.0306. The molecule has 0 aromatic rings. The van der Waals surface area contributed by atoms with Crippen molar-refractivity contribution in [2.45, 2.75) is 45.3 Å². The van der Waals surface area contributed by atoms with E-state index >= 15 is 0 Å². The molecule has 2 heteroatoms. The smallest absolute Gasteiger partial charge is 0.0719 e. The van der Waals surface area contributed by atoms with Crippen LogP contribution >= 0.6 is 0 Å². The van der Waals surface area contributed by atoms with Gasteiger partial charge in [-0.15, -0.1) is 0 Å². The SMILES string of the molecule is CCC1CCC(C)C(O)C1N. The minimum atomic E-state index is -0.270. The second-order valence-corrected chi connectivity index (χ2v) is 3.79. The van der Waals surface area contributed by atoms with Gasteiger partial charge in [0.2, 0.25) is 0 Å². The third-order valence-corrected chi connectivity index (χ3v) is 3.04. The number of nitrogens with two attached hydrogens (primary N) is 1. The molecule has 1 fully saturated rings. The van der Waals surface area contributed by atoms with Crippen LogP contribution in [0.2, 0.25) is 0 Å². The minimum absolute atomic E-state index is 0.0174. The molecule has 0 aromatic heterocycles. The molecule has 0 heterocycles. The highest BCUT2D eigenvalue weighted by Gasteiger charge is 2.32. The van der Waals surface area contributed by atoms with Gasteiger partial charge >= 0.3 is 0 Å². The van der Waals surface area contributed by atoms with Gasteiger partial charge < -0.3 is 10.8 Å². The third-order valence-electron chi connectivity index (χ3n) is 3.04. The average Bonchev–Trinajstić information content (AvgIpc) is 2.01. The Morgan fingerprint density at radius 1 is 1.45 bits per heavy atom. The van der Waals surface area contributed by atoms with E-state index in [1.807, 2.05) is 0 Å². The molecule has 66 valence electrons. The Balaban J connectivity index is 2.52. The third kappa shape index (κ3) is 1.74. The van der Waals surface area contributed by atoms with Gasteiger partial charge in [0.05, 0.1) is 6.10 Å². The van der Waals surface area contributed by atoms with Crippen molar-refractivity contribution >= 4 is 0 Å². The minimum Gasteiger partial charge on any atom is -0.391 e. The number of hydrogen-bond acceptors (Lipinski definition) is 2. The first kappa shape index (κ1) is 9.01. The lowest BCUT2D eigenvalue weighted by atomic mass is 9.76. The summed E-state index contributed by atoms with van der Waals surface area (Å²) in [5.41, 5.74) is 5.87. The summed E-state index contributed by atoms with van der Waals surface area (Å²) in [7, 11) is 0. The average molecular weight is 157 g/mol. The molecule has 3 N–H and O–H groups in total. The molecular weight excluding hydrogens is 138 g/mol. The molecule has 1 aliphatic rings. The Morgan fingerprint density at radius 2 is 2.09 bits per heavy atom. The lowest BCUT2D eigenvalue weighted by Crippen LogP contribution is -2.48. The molecule has 0 spiro atoms. The molecule has 0 amide bonds. The van der Waals surface area contributed by atoms with Gasteiger partial charge in [0.1, 0.15) is 0 Å². The van der Waals surface area contributed by atoms with E-state index in [4.69, 9.17) is 5.73 Å². The molecule has 1 rings (SSSR count). The van der Waals surface area contributed by atoms with Gasteiger partial charge in [-0.3, -0.25) is 0 Å². The largest absolute Gasteiger partial charge is 0.391 e.